The molecule has 0 unspecified atom stereocenters. The van der Waals surface area contributed by atoms with Crippen molar-refractivity contribution in [3.05, 3.63) is 89.4 Å². The molecule has 0 aliphatic rings. The van der Waals surface area contributed by atoms with Crippen molar-refractivity contribution in [1.29, 1.82) is 0 Å². The summed E-state index contributed by atoms with van der Waals surface area (Å²) in [6.07, 6.45) is 0.0224. The topological polar surface area (TPSA) is 71.3 Å². The van der Waals surface area contributed by atoms with E-state index in [1.54, 1.807) is 24.3 Å². The van der Waals surface area contributed by atoms with Gasteiger partial charge in [-0.15, -0.1) is 0 Å². The summed E-state index contributed by atoms with van der Waals surface area (Å²) in [6.45, 7) is 0.356. The Kier molecular flexibility index (Phi) is 5.55. The molecule has 6 heteroatoms. The van der Waals surface area contributed by atoms with Gasteiger partial charge in [0.25, 0.3) is 5.91 Å². The molecule has 0 aliphatic heterocycles. The standard InChI is InChI=1S/C24H19ClN2O3/c25-20-9-5-4-8-19(20)24(30)26-18-10-11-21-17(14-18)15-22(16-6-2-1-3-7-16)27(21)13-12-23(28)29/h1-11,14-15H,12-13H2,(H,26,30)(H,28,29). The van der Waals surface area contributed by atoms with E-state index in [-0.39, 0.29) is 12.3 Å². The van der Waals surface area contributed by atoms with E-state index in [1.165, 1.54) is 0 Å². The third kappa shape index (κ3) is 4.07. The number of benzene rings is 3. The van der Waals surface area contributed by atoms with Gasteiger partial charge in [0, 0.05) is 28.8 Å². The minimum absolute atomic E-state index is 0.0224. The number of aryl methyl sites for hydroxylation is 1. The first-order valence-electron chi connectivity index (χ1n) is 9.49. The Morgan fingerprint density at radius 1 is 0.933 bits per heavy atom. The van der Waals surface area contributed by atoms with Crippen molar-refractivity contribution in [2.45, 2.75) is 13.0 Å². The lowest BCUT2D eigenvalue weighted by Crippen LogP contribution is -2.12. The molecule has 0 saturated heterocycles. The summed E-state index contributed by atoms with van der Waals surface area (Å²) in [6, 6.07) is 24.3. The normalized spacial score (nSPS) is 10.8. The van der Waals surface area contributed by atoms with E-state index in [9.17, 15) is 9.59 Å². The van der Waals surface area contributed by atoms with Crippen molar-refractivity contribution < 1.29 is 14.7 Å². The summed E-state index contributed by atoms with van der Waals surface area (Å²) in [5.74, 6) is -1.13. The molecule has 1 heterocycles. The number of amides is 1. The fraction of sp³-hybridized carbons (Fsp3) is 0.0833. The number of aromatic nitrogens is 1. The minimum atomic E-state index is -0.848. The van der Waals surface area contributed by atoms with Gasteiger partial charge >= 0.3 is 5.97 Å². The zero-order chi connectivity index (χ0) is 21.1. The highest BCUT2D eigenvalue weighted by Crippen LogP contribution is 2.30. The van der Waals surface area contributed by atoms with Crippen molar-refractivity contribution >= 4 is 40.1 Å². The molecule has 2 N–H and O–H groups in total. The van der Waals surface area contributed by atoms with Crippen LogP contribution in [0.4, 0.5) is 5.69 Å². The molecule has 0 bridgehead atoms. The Labute approximate surface area is 178 Å². The first-order chi connectivity index (χ1) is 14.5. The summed E-state index contributed by atoms with van der Waals surface area (Å²) in [7, 11) is 0. The van der Waals surface area contributed by atoms with Crippen LogP contribution in [0.5, 0.6) is 0 Å². The van der Waals surface area contributed by atoms with Crippen LogP contribution in [-0.4, -0.2) is 21.6 Å². The van der Waals surface area contributed by atoms with Crippen molar-refractivity contribution in [1.82, 2.24) is 4.57 Å². The zero-order valence-electron chi connectivity index (χ0n) is 16.0. The van der Waals surface area contributed by atoms with Crippen LogP contribution in [0, 0.1) is 0 Å². The van der Waals surface area contributed by atoms with E-state index in [4.69, 9.17) is 16.7 Å². The van der Waals surface area contributed by atoms with Gasteiger partial charge in [-0.2, -0.15) is 0 Å². The van der Waals surface area contributed by atoms with Crippen molar-refractivity contribution in [2.24, 2.45) is 0 Å². The number of rotatable bonds is 6. The van der Waals surface area contributed by atoms with Gasteiger partial charge in [0.15, 0.2) is 0 Å². The highest BCUT2D eigenvalue weighted by Gasteiger charge is 2.14. The van der Waals surface area contributed by atoms with Gasteiger partial charge in [0.1, 0.15) is 0 Å². The van der Waals surface area contributed by atoms with E-state index in [2.05, 4.69) is 5.32 Å². The number of carboxylic acids is 1. The molecular weight excluding hydrogens is 400 g/mol. The van der Waals surface area contributed by atoms with Gasteiger partial charge in [0.2, 0.25) is 0 Å². The number of nitrogens with zero attached hydrogens (tertiary/aromatic N) is 1. The van der Waals surface area contributed by atoms with E-state index in [1.807, 2.05) is 59.2 Å². The number of carbonyl (C=O) groups excluding carboxylic acids is 1. The summed E-state index contributed by atoms with van der Waals surface area (Å²) in [5, 5.41) is 13.3. The average molecular weight is 419 g/mol. The van der Waals surface area contributed by atoms with Crippen LogP contribution in [0.2, 0.25) is 5.02 Å². The monoisotopic (exact) mass is 418 g/mol. The molecule has 3 aromatic carbocycles. The Balaban J connectivity index is 1.71. The molecule has 0 atom stereocenters. The minimum Gasteiger partial charge on any atom is -0.481 e. The van der Waals surface area contributed by atoms with E-state index < -0.39 is 5.97 Å². The Morgan fingerprint density at radius 3 is 2.40 bits per heavy atom. The molecule has 0 spiro atoms. The van der Waals surface area contributed by atoms with Gasteiger partial charge in [-0.05, 0) is 42.0 Å². The maximum atomic E-state index is 12.6. The lowest BCUT2D eigenvalue weighted by atomic mass is 10.1. The molecular formula is C24H19ClN2O3. The van der Waals surface area contributed by atoms with Gasteiger partial charge in [-0.3, -0.25) is 9.59 Å². The van der Waals surface area contributed by atoms with Crippen molar-refractivity contribution in [2.75, 3.05) is 5.32 Å². The second kappa shape index (κ2) is 8.43. The van der Waals surface area contributed by atoms with Crippen molar-refractivity contribution in [3.63, 3.8) is 0 Å². The van der Waals surface area contributed by atoms with Crippen LogP contribution in [0.15, 0.2) is 78.9 Å². The number of hydrogen-bond donors (Lipinski definition) is 2. The zero-order valence-corrected chi connectivity index (χ0v) is 16.8. The Hall–Kier alpha value is -3.57. The molecule has 0 saturated carbocycles. The molecule has 0 aliphatic carbocycles. The molecule has 4 aromatic rings. The smallest absolute Gasteiger partial charge is 0.305 e. The first-order valence-corrected chi connectivity index (χ1v) is 9.87. The Morgan fingerprint density at radius 2 is 1.67 bits per heavy atom. The average Bonchev–Trinajstić information content (AvgIpc) is 3.11. The predicted octanol–water partition coefficient (Wildman–Crippen LogP) is 5.69. The van der Waals surface area contributed by atoms with Crippen LogP contribution < -0.4 is 5.32 Å². The number of halogens is 1. The van der Waals surface area contributed by atoms with Gasteiger partial charge in [0.05, 0.1) is 17.0 Å². The van der Waals surface area contributed by atoms with E-state index >= 15 is 0 Å². The number of hydrogen-bond acceptors (Lipinski definition) is 2. The SMILES string of the molecule is O=C(O)CCn1c(-c2ccccc2)cc2cc(NC(=O)c3ccccc3Cl)ccc21. The molecule has 4 rings (SSSR count). The van der Waals surface area contributed by atoms with Crippen LogP contribution in [0.3, 0.4) is 0 Å². The fourth-order valence-electron chi connectivity index (χ4n) is 3.49. The largest absolute Gasteiger partial charge is 0.481 e. The number of fused-ring (bicyclic) bond motifs is 1. The molecule has 1 amide bonds. The first kappa shape index (κ1) is 19.7. The quantitative estimate of drug-likeness (QED) is 0.422. The van der Waals surface area contributed by atoms with Crippen LogP contribution in [-0.2, 0) is 11.3 Å². The van der Waals surface area contributed by atoms with Crippen LogP contribution in [0.1, 0.15) is 16.8 Å². The lowest BCUT2D eigenvalue weighted by Gasteiger charge is -2.10. The second-order valence-electron chi connectivity index (χ2n) is 6.90. The lowest BCUT2D eigenvalue weighted by molar-refractivity contribution is -0.137. The van der Waals surface area contributed by atoms with Gasteiger partial charge < -0.3 is 15.0 Å². The van der Waals surface area contributed by atoms with E-state index in [0.717, 1.165) is 22.2 Å². The highest BCUT2D eigenvalue weighted by molar-refractivity contribution is 6.34. The molecule has 0 radical (unpaired) electrons. The molecule has 30 heavy (non-hydrogen) atoms. The van der Waals surface area contributed by atoms with Gasteiger partial charge in [-0.1, -0.05) is 54.1 Å². The Bertz CT molecular complexity index is 1230. The number of carbonyl (C=O) groups is 2. The summed E-state index contributed by atoms with van der Waals surface area (Å²) in [4.78, 5) is 23.7. The fourth-order valence-corrected chi connectivity index (χ4v) is 3.71. The summed E-state index contributed by atoms with van der Waals surface area (Å²) >= 11 is 6.12. The molecule has 5 nitrogen and oxygen atoms in total. The second-order valence-corrected chi connectivity index (χ2v) is 7.31. The van der Waals surface area contributed by atoms with E-state index in [0.29, 0.717) is 22.8 Å². The maximum absolute atomic E-state index is 12.6. The molecule has 150 valence electrons. The molecule has 0 fully saturated rings. The third-order valence-electron chi connectivity index (χ3n) is 4.90. The van der Waals surface area contributed by atoms with Crippen LogP contribution in [0.25, 0.3) is 22.2 Å². The summed E-state index contributed by atoms with van der Waals surface area (Å²) in [5.41, 5.74) is 3.89. The maximum Gasteiger partial charge on any atom is 0.305 e. The number of anilines is 1. The third-order valence-corrected chi connectivity index (χ3v) is 5.23. The molecule has 1 aromatic heterocycles. The highest BCUT2D eigenvalue weighted by atomic mass is 35.5. The number of nitrogens with one attached hydrogen (secondary N) is 1. The van der Waals surface area contributed by atoms with Crippen LogP contribution >= 0.6 is 11.6 Å². The number of carboxylic acid groups (broad SMARTS) is 1. The summed E-state index contributed by atoms with van der Waals surface area (Å²) < 4.78 is 2.00. The van der Waals surface area contributed by atoms with Crippen molar-refractivity contribution in [3.8, 4) is 11.3 Å². The van der Waals surface area contributed by atoms with Gasteiger partial charge in [-0.25, -0.2) is 0 Å². The number of aliphatic carboxylic acids is 1. The predicted molar refractivity (Wildman–Crippen MR) is 119 cm³/mol.